The molecule has 3 rings (SSSR count). The summed E-state index contributed by atoms with van der Waals surface area (Å²) in [5, 5.41) is 11.7. The highest BCUT2D eigenvalue weighted by Crippen LogP contribution is 2.22. The van der Waals surface area contributed by atoms with E-state index in [4.69, 9.17) is 10.00 Å². The van der Waals surface area contributed by atoms with Gasteiger partial charge in [0.05, 0.1) is 16.8 Å². The molecule has 1 atom stereocenters. The normalized spacial score (nSPS) is 16.1. The molecule has 1 aliphatic rings. The minimum atomic E-state index is -0.894. The second-order valence-electron chi connectivity index (χ2n) is 4.90. The Morgan fingerprint density at radius 2 is 1.91 bits per heavy atom. The minimum Gasteiger partial charge on any atom is -0.448 e. The van der Waals surface area contributed by atoms with E-state index in [1.54, 1.807) is 42.5 Å². The van der Waals surface area contributed by atoms with Gasteiger partial charge in [0.1, 0.15) is 6.07 Å². The van der Waals surface area contributed by atoms with Crippen LogP contribution in [0, 0.1) is 11.3 Å². The first kappa shape index (κ1) is 13.8. The molecule has 2 aromatic carbocycles. The molecular formula is C17H12N2O3. The number of hydrogen-bond donors (Lipinski definition) is 1. The second-order valence-corrected chi connectivity index (χ2v) is 4.90. The zero-order valence-electron chi connectivity index (χ0n) is 11.6. The molecule has 0 bridgehead atoms. The van der Waals surface area contributed by atoms with Crippen LogP contribution in [-0.2, 0) is 16.0 Å². The maximum Gasteiger partial charge on any atom is 0.339 e. The summed E-state index contributed by atoms with van der Waals surface area (Å²) in [4.78, 5) is 24.2. The number of ether oxygens (including phenoxy) is 1. The number of nitrogens with zero attached hydrogens (tertiary/aromatic N) is 1. The third kappa shape index (κ3) is 2.54. The van der Waals surface area contributed by atoms with Crippen LogP contribution < -0.4 is 5.32 Å². The molecule has 1 amide bonds. The number of carbonyl (C=O) groups excluding carboxylic acids is 2. The molecular weight excluding hydrogens is 280 g/mol. The molecule has 5 heteroatoms. The van der Waals surface area contributed by atoms with E-state index in [-0.39, 0.29) is 0 Å². The Hall–Kier alpha value is -3.13. The minimum absolute atomic E-state index is 0.322. The van der Waals surface area contributed by atoms with Gasteiger partial charge in [0.2, 0.25) is 0 Å². The maximum atomic E-state index is 12.3. The number of amides is 1. The standard InChI is InChI=1S/C17H12N2O3/c18-10-12-6-2-4-8-14(12)19-16(20)15-9-11-5-1-3-7-13(11)17(21)22-15/h1-8,15H,9H2,(H,19,20). The van der Waals surface area contributed by atoms with Gasteiger partial charge in [0.25, 0.3) is 5.91 Å². The average Bonchev–Trinajstić information content (AvgIpc) is 2.55. The van der Waals surface area contributed by atoms with Crippen molar-refractivity contribution in [1.29, 1.82) is 5.26 Å². The fourth-order valence-corrected chi connectivity index (χ4v) is 2.38. The molecule has 0 aliphatic carbocycles. The third-order valence-corrected chi connectivity index (χ3v) is 3.49. The monoisotopic (exact) mass is 292 g/mol. The SMILES string of the molecule is N#Cc1ccccc1NC(=O)C1Cc2ccccc2C(=O)O1. The molecule has 0 fully saturated rings. The average molecular weight is 292 g/mol. The van der Waals surface area contributed by atoms with E-state index in [1.165, 1.54) is 0 Å². The van der Waals surface area contributed by atoms with Gasteiger partial charge in [-0.25, -0.2) is 4.79 Å². The van der Waals surface area contributed by atoms with E-state index in [2.05, 4.69) is 5.32 Å². The van der Waals surface area contributed by atoms with Crippen LogP contribution >= 0.6 is 0 Å². The lowest BCUT2D eigenvalue weighted by atomic mass is 9.98. The van der Waals surface area contributed by atoms with Gasteiger partial charge in [-0.05, 0) is 23.8 Å². The molecule has 0 spiro atoms. The van der Waals surface area contributed by atoms with Crippen LogP contribution in [0.25, 0.3) is 0 Å². The van der Waals surface area contributed by atoms with E-state index in [1.807, 2.05) is 12.1 Å². The highest BCUT2D eigenvalue weighted by atomic mass is 16.5. The Bertz CT molecular complexity index is 792. The summed E-state index contributed by atoms with van der Waals surface area (Å²) in [7, 11) is 0. The number of rotatable bonds is 2. The van der Waals surface area contributed by atoms with Crippen LogP contribution in [0.15, 0.2) is 48.5 Å². The van der Waals surface area contributed by atoms with E-state index in [9.17, 15) is 9.59 Å². The molecule has 2 aromatic rings. The lowest BCUT2D eigenvalue weighted by Crippen LogP contribution is -2.38. The summed E-state index contributed by atoms with van der Waals surface area (Å²) in [5.74, 6) is -0.943. The Balaban J connectivity index is 1.80. The summed E-state index contributed by atoms with van der Waals surface area (Å²) >= 11 is 0. The predicted molar refractivity (Wildman–Crippen MR) is 79.1 cm³/mol. The molecule has 1 unspecified atom stereocenters. The van der Waals surface area contributed by atoms with E-state index in [0.717, 1.165) is 5.56 Å². The summed E-state index contributed by atoms with van der Waals surface area (Å²) in [6, 6.07) is 15.7. The van der Waals surface area contributed by atoms with Crippen molar-refractivity contribution in [3.63, 3.8) is 0 Å². The van der Waals surface area contributed by atoms with Gasteiger partial charge in [-0.1, -0.05) is 30.3 Å². The number of nitrogens with one attached hydrogen (secondary N) is 1. The van der Waals surface area contributed by atoms with Crippen molar-refractivity contribution in [2.24, 2.45) is 0 Å². The fraction of sp³-hybridized carbons (Fsp3) is 0.118. The van der Waals surface area contributed by atoms with Gasteiger partial charge in [-0.2, -0.15) is 5.26 Å². The molecule has 1 N–H and O–H groups in total. The summed E-state index contributed by atoms with van der Waals surface area (Å²) in [6.07, 6.45) is -0.572. The number of carbonyl (C=O) groups is 2. The second kappa shape index (κ2) is 5.70. The molecule has 0 aromatic heterocycles. The number of fused-ring (bicyclic) bond motifs is 1. The van der Waals surface area contributed by atoms with Crippen molar-refractivity contribution >= 4 is 17.6 Å². The molecule has 22 heavy (non-hydrogen) atoms. The van der Waals surface area contributed by atoms with Crippen LogP contribution in [0.4, 0.5) is 5.69 Å². The van der Waals surface area contributed by atoms with Gasteiger partial charge in [0, 0.05) is 6.42 Å². The van der Waals surface area contributed by atoms with Crippen molar-refractivity contribution in [2.45, 2.75) is 12.5 Å². The number of anilines is 1. The van der Waals surface area contributed by atoms with Gasteiger partial charge in [0.15, 0.2) is 6.10 Å². The van der Waals surface area contributed by atoms with Crippen LogP contribution in [0.2, 0.25) is 0 Å². The van der Waals surface area contributed by atoms with Gasteiger partial charge < -0.3 is 10.1 Å². The number of esters is 1. The van der Waals surface area contributed by atoms with E-state index < -0.39 is 18.0 Å². The summed E-state index contributed by atoms with van der Waals surface area (Å²) in [5.41, 5.74) is 2.04. The lowest BCUT2D eigenvalue weighted by Gasteiger charge is -2.23. The maximum absolute atomic E-state index is 12.3. The van der Waals surface area contributed by atoms with E-state index >= 15 is 0 Å². The number of nitriles is 1. The third-order valence-electron chi connectivity index (χ3n) is 3.49. The van der Waals surface area contributed by atoms with Crippen molar-refractivity contribution in [2.75, 3.05) is 5.32 Å². The van der Waals surface area contributed by atoms with Gasteiger partial charge in [-0.15, -0.1) is 0 Å². The molecule has 0 radical (unpaired) electrons. The quantitative estimate of drug-likeness (QED) is 0.861. The van der Waals surface area contributed by atoms with Crippen LogP contribution in [0.1, 0.15) is 21.5 Å². The smallest absolute Gasteiger partial charge is 0.339 e. The van der Waals surface area contributed by atoms with E-state index in [0.29, 0.717) is 23.2 Å². The van der Waals surface area contributed by atoms with Crippen molar-refractivity contribution in [1.82, 2.24) is 0 Å². The first-order valence-corrected chi connectivity index (χ1v) is 6.78. The Morgan fingerprint density at radius 3 is 2.73 bits per heavy atom. The predicted octanol–water partition coefficient (Wildman–Crippen LogP) is 2.28. The first-order valence-electron chi connectivity index (χ1n) is 6.78. The van der Waals surface area contributed by atoms with Crippen LogP contribution in [-0.4, -0.2) is 18.0 Å². The highest BCUT2D eigenvalue weighted by Gasteiger charge is 2.31. The molecule has 1 heterocycles. The van der Waals surface area contributed by atoms with Gasteiger partial charge >= 0.3 is 5.97 Å². The molecule has 1 aliphatic heterocycles. The summed E-state index contributed by atoms with van der Waals surface area (Å²) < 4.78 is 5.19. The van der Waals surface area contributed by atoms with Crippen LogP contribution in [0.3, 0.4) is 0 Å². The first-order chi connectivity index (χ1) is 10.7. The Kier molecular flexibility index (Phi) is 3.58. The molecule has 0 saturated heterocycles. The number of cyclic esters (lactones) is 1. The van der Waals surface area contributed by atoms with Gasteiger partial charge in [-0.3, -0.25) is 4.79 Å². The zero-order chi connectivity index (χ0) is 15.5. The largest absolute Gasteiger partial charge is 0.448 e. The van der Waals surface area contributed by atoms with Crippen LogP contribution in [0.5, 0.6) is 0 Å². The highest BCUT2D eigenvalue weighted by molar-refractivity contribution is 6.00. The number of benzene rings is 2. The summed E-state index contributed by atoms with van der Waals surface area (Å²) in [6.45, 7) is 0. The number of hydrogen-bond acceptors (Lipinski definition) is 4. The molecule has 0 saturated carbocycles. The van der Waals surface area contributed by atoms with Crippen molar-refractivity contribution < 1.29 is 14.3 Å². The molecule has 108 valence electrons. The zero-order valence-corrected chi connectivity index (χ0v) is 11.6. The number of para-hydroxylation sites is 1. The Morgan fingerprint density at radius 1 is 1.18 bits per heavy atom. The Labute approximate surface area is 127 Å². The molecule has 5 nitrogen and oxygen atoms in total. The fourth-order valence-electron chi connectivity index (χ4n) is 2.38. The van der Waals surface area contributed by atoms with Crippen molar-refractivity contribution in [3.8, 4) is 6.07 Å². The lowest BCUT2D eigenvalue weighted by molar-refractivity contribution is -0.125. The topological polar surface area (TPSA) is 79.2 Å². The van der Waals surface area contributed by atoms with Crippen molar-refractivity contribution in [3.05, 3.63) is 65.2 Å².